The van der Waals surface area contributed by atoms with Crippen molar-refractivity contribution >= 4 is 63.1 Å². The number of benzene rings is 2. The molecule has 5 rings (SSSR count). The molecule has 2 aliphatic heterocycles. The molecule has 0 fully saturated rings. The maximum absolute atomic E-state index is 13.6. The molecule has 38 heavy (non-hydrogen) atoms. The zero-order valence-electron chi connectivity index (χ0n) is 19.6. The van der Waals surface area contributed by atoms with Gasteiger partial charge in [-0.3, -0.25) is 14.6 Å². The molecular formula is C23H20FN5O6PS2+. The van der Waals surface area contributed by atoms with E-state index >= 15 is 0 Å². The highest BCUT2D eigenvalue weighted by atomic mass is 32.2. The Bertz CT molecular complexity index is 1700. The number of halogens is 1. The summed E-state index contributed by atoms with van der Waals surface area (Å²) in [5.74, 6) is -1.96. The summed E-state index contributed by atoms with van der Waals surface area (Å²) < 4.78 is 55.5. The molecule has 3 aromatic rings. The summed E-state index contributed by atoms with van der Waals surface area (Å²) in [5, 5.41) is 21.3. The molecule has 0 saturated heterocycles. The van der Waals surface area contributed by atoms with Gasteiger partial charge in [0.25, 0.3) is 0 Å². The molecule has 0 bridgehead atoms. The predicted molar refractivity (Wildman–Crippen MR) is 142 cm³/mol. The number of hydrogen-bond donors (Lipinski definition) is 4. The van der Waals surface area contributed by atoms with Gasteiger partial charge in [-0.1, -0.05) is 21.8 Å². The SMILES string of the molecule is CS(=O)(=O)Nc1ccc2c(c1)P(=O)(O)N=C([N+]1(Cc3ccc(F)cc3)N=C(c3ccsc3)C(O)=CC1=O)N2. The topological polar surface area (TPSA) is 158 Å². The van der Waals surface area contributed by atoms with Gasteiger partial charge in [-0.2, -0.15) is 11.3 Å². The molecule has 0 saturated carbocycles. The van der Waals surface area contributed by atoms with Crippen LogP contribution in [0.4, 0.5) is 15.8 Å². The van der Waals surface area contributed by atoms with Gasteiger partial charge in [0, 0.05) is 22.2 Å². The number of amides is 1. The molecule has 2 atom stereocenters. The van der Waals surface area contributed by atoms with Crippen molar-refractivity contribution in [3.63, 3.8) is 0 Å². The number of fused-ring (bicyclic) bond motifs is 1. The molecule has 1 aromatic heterocycles. The molecule has 4 N–H and O–H groups in total. The van der Waals surface area contributed by atoms with Crippen molar-refractivity contribution in [2.24, 2.45) is 9.86 Å². The minimum Gasteiger partial charge on any atom is -0.505 e. The van der Waals surface area contributed by atoms with Crippen LogP contribution in [-0.4, -0.2) is 46.8 Å². The number of aliphatic hydroxyl groups excluding tert-OH is 1. The third-order valence-corrected chi connectivity index (χ3v) is 8.45. The number of carbonyl (C=O) groups excluding carboxylic acids is 1. The highest BCUT2D eigenvalue weighted by Gasteiger charge is 2.51. The van der Waals surface area contributed by atoms with Gasteiger partial charge in [0.1, 0.15) is 12.4 Å². The Balaban J connectivity index is 1.67. The number of thiophene rings is 1. The van der Waals surface area contributed by atoms with Gasteiger partial charge in [-0.25, -0.2) is 17.6 Å². The van der Waals surface area contributed by atoms with E-state index in [0.717, 1.165) is 12.3 Å². The van der Waals surface area contributed by atoms with Gasteiger partial charge in [-0.15, -0.1) is 4.76 Å². The third kappa shape index (κ3) is 4.91. The fourth-order valence-electron chi connectivity index (χ4n) is 4.01. The van der Waals surface area contributed by atoms with Crippen molar-refractivity contribution in [3.05, 3.63) is 88.1 Å². The Morgan fingerprint density at radius 3 is 2.58 bits per heavy atom. The average Bonchev–Trinajstić information content (AvgIpc) is 3.36. The lowest BCUT2D eigenvalue weighted by atomic mass is 10.1. The van der Waals surface area contributed by atoms with Crippen LogP contribution in [0.5, 0.6) is 0 Å². The van der Waals surface area contributed by atoms with E-state index < -0.39 is 33.9 Å². The lowest BCUT2D eigenvalue weighted by molar-refractivity contribution is -0.782. The van der Waals surface area contributed by atoms with Gasteiger partial charge in [-0.05, 0) is 41.8 Å². The van der Waals surface area contributed by atoms with E-state index in [-0.39, 0.29) is 40.7 Å². The van der Waals surface area contributed by atoms with Gasteiger partial charge in [0.2, 0.25) is 10.0 Å². The number of guanidine groups is 1. The molecule has 0 aliphatic carbocycles. The number of sulfonamides is 1. The molecule has 11 nitrogen and oxygen atoms in total. The highest BCUT2D eigenvalue weighted by Crippen LogP contribution is 2.48. The Labute approximate surface area is 220 Å². The smallest absolute Gasteiger partial charge is 0.376 e. The van der Waals surface area contributed by atoms with Crippen LogP contribution in [0.2, 0.25) is 0 Å². The lowest BCUT2D eigenvalue weighted by Crippen LogP contribution is -2.57. The Morgan fingerprint density at radius 1 is 1.18 bits per heavy atom. The number of nitrogens with one attached hydrogen (secondary N) is 2. The van der Waals surface area contributed by atoms with Gasteiger partial charge in [0.05, 0.1) is 23.3 Å². The number of quaternary nitrogens is 1. The van der Waals surface area contributed by atoms with Crippen LogP contribution < -0.4 is 15.3 Å². The summed E-state index contributed by atoms with van der Waals surface area (Å²) in [7, 11) is -8.21. The zero-order chi connectivity index (χ0) is 27.3. The Kier molecular flexibility index (Phi) is 6.32. The first-order valence-corrected chi connectivity index (χ1v) is 15.3. The molecule has 0 radical (unpaired) electrons. The van der Waals surface area contributed by atoms with Crippen LogP contribution in [0.3, 0.4) is 0 Å². The number of hydrogen-bond acceptors (Lipinski definition) is 8. The summed E-state index contributed by atoms with van der Waals surface area (Å²) >= 11 is 1.34. The van der Waals surface area contributed by atoms with E-state index in [4.69, 9.17) is 0 Å². The number of carbonyl (C=O) groups is 1. The van der Waals surface area contributed by atoms with Crippen molar-refractivity contribution in [1.29, 1.82) is 0 Å². The third-order valence-electron chi connectivity index (χ3n) is 5.70. The summed E-state index contributed by atoms with van der Waals surface area (Å²) in [6, 6.07) is 10.9. The maximum atomic E-state index is 13.6. The van der Waals surface area contributed by atoms with Crippen molar-refractivity contribution in [3.8, 4) is 0 Å². The monoisotopic (exact) mass is 576 g/mol. The zero-order valence-corrected chi connectivity index (χ0v) is 22.1. The predicted octanol–water partition coefficient (Wildman–Crippen LogP) is 3.25. The quantitative estimate of drug-likeness (QED) is 0.268. The van der Waals surface area contributed by atoms with E-state index in [9.17, 15) is 32.2 Å². The second kappa shape index (κ2) is 9.26. The van der Waals surface area contributed by atoms with E-state index in [1.54, 1.807) is 16.8 Å². The van der Waals surface area contributed by atoms with Crippen LogP contribution >= 0.6 is 18.9 Å². The van der Waals surface area contributed by atoms with Gasteiger partial charge >= 0.3 is 19.4 Å². The molecule has 15 heteroatoms. The van der Waals surface area contributed by atoms with Crippen LogP contribution in [-0.2, 0) is 25.9 Å². The van der Waals surface area contributed by atoms with Crippen LogP contribution in [0, 0.1) is 5.82 Å². The number of aliphatic hydroxyl groups is 1. The normalized spacial score (nSPS) is 23.0. The second-order valence-electron chi connectivity index (χ2n) is 8.58. The molecule has 0 spiro atoms. The molecule has 2 aromatic carbocycles. The van der Waals surface area contributed by atoms with Crippen molar-refractivity contribution in [2.75, 3.05) is 16.3 Å². The fraction of sp³-hybridized carbons (Fsp3) is 0.0870. The standard InChI is InChI=1S/C23H19FN5O6PS2/c1-38(34,35)28-17-6-7-18-20(10-17)36(32,33)27-23(25-18)29(12-14-2-4-16(24)5-3-14)21(31)11-19(30)22(26-29)15-8-9-37-13-15/h2-11,13H,12H2,1H3,(H3-,25,26,27,28,30,31,32,33)/p+1. The largest absolute Gasteiger partial charge is 0.505 e. The maximum Gasteiger partial charge on any atom is 0.376 e. The van der Waals surface area contributed by atoms with Crippen LogP contribution in [0.15, 0.2) is 81.0 Å². The van der Waals surface area contributed by atoms with Crippen molar-refractivity contribution in [2.45, 2.75) is 6.54 Å². The first-order valence-electron chi connectivity index (χ1n) is 10.9. The summed E-state index contributed by atoms with van der Waals surface area (Å²) in [6.07, 6.45) is 1.90. The number of allylic oxidation sites excluding steroid dienone is 1. The molecule has 2 unspecified atom stereocenters. The van der Waals surface area contributed by atoms with E-state index in [1.807, 2.05) is 0 Å². The minimum absolute atomic E-state index is 0.0517. The molecule has 1 amide bonds. The molecule has 196 valence electrons. The first kappa shape index (κ1) is 25.9. The van der Waals surface area contributed by atoms with E-state index in [0.29, 0.717) is 11.1 Å². The van der Waals surface area contributed by atoms with Gasteiger partial charge in [0.15, 0.2) is 11.5 Å². The van der Waals surface area contributed by atoms with Crippen LogP contribution in [0.25, 0.3) is 0 Å². The van der Waals surface area contributed by atoms with E-state index in [2.05, 4.69) is 19.9 Å². The minimum atomic E-state index is -4.56. The second-order valence-corrected chi connectivity index (χ2v) is 12.9. The molecular weight excluding hydrogens is 556 g/mol. The number of nitrogens with zero attached hydrogens (tertiary/aromatic N) is 3. The summed E-state index contributed by atoms with van der Waals surface area (Å²) in [4.78, 5) is 24.5. The van der Waals surface area contributed by atoms with Crippen LogP contribution in [0.1, 0.15) is 11.1 Å². The molecule has 2 aliphatic rings. The Morgan fingerprint density at radius 2 is 1.92 bits per heavy atom. The van der Waals surface area contributed by atoms with E-state index in [1.165, 1.54) is 53.8 Å². The average molecular weight is 577 g/mol. The fourth-order valence-corrected chi connectivity index (χ4v) is 6.52. The van der Waals surface area contributed by atoms with Crippen molar-refractivity contribution < 1.29 is 36.8 Å². The Hall–Kier alpha value is -3.68. The lowest BCUT2D eigenvalue weighted by Gasteiger charge is -2.34. The van der Waals surface area contributed by atoms with Crippen molar-refractivity contribution in [1.82, 2.24) is 0 Å². The number of rotatable bonds is 5. The number of anilines is 2. The van der Waals surface area contributed by atoms with Gasteiger partial charge < -0.3 is 10.00 Å². The first-order chi connectivity index (χ1) is 17.9. The summed E-state index contributed by atoms with van der Waals surface area (Å²) in [6.45, 7) is -0.231. The molecule has 3 heterocycles. The summed E-state index contributed by atoms with van der Waals surface area (Å²) in [5.41, 5.74) is 1.19. The highest BCUT2D eigenvalue weighted by molar-refractivity contribution is 7.92.